The van der Waals surface area contributed by atoms with Gasteiger partial charge >= 0.3 is 5.97 Å². The molecular weight excluding hydrogens is 308 g/mol. The average Bonchev–Trinajstić information content (AvgIpc) is 2.86. The zero-order valence-electron chi connectivity index (χ0n) is 12.0. The Morgan fingerprint density at radius 3 is 2.62 bits per heavy atom. The van der Waals surface area contributed by atoms with Crippen LogP contribution in [0.4, 0.5) is 5.13 Å². The summed E-state index contributed by atoms with van der Waals surface area (Å²) in [4.78, 5) is 18.0. The van der Waals surface area contributed by atoms with E-state index >= 15 is 0 Å². The Morgan fingerprint density at radius 2 is 2.05 bits per heavy atom. The van der Waals surface area contributed by atoms with E-state index in [0.717, 1.165) is 17.1 Å². The highest BCUT2D eigenvalue weighted by molar-refractivity contribution is 7.17. The molecule has 0 saturated heterocycles. The molecule has 21 heavy (non-hydrogen) atoms. The smallest absolute Gasteiger partial charge is 0.347 e. The topological polar surface area (TPSA) is 53.4 Å². The Balaban J connectivity index is 2.18. The van der Waals surface area contributed by atoms with Crippen LogP contribution in [-0.2, 0) is 13.0 Å². The van der Waals surface area contributed by atoms with Crippen LogP contribution in [0.2, 0.25) is 5.02 Å². The first-order chi connectivity index (χ1) is 10.0. The van der Waals surface area contributed by atoms with Crippen molar-refractivity contribution in [1.82, 2.24) is 4.98 Å². The molecule has 0 bridgehead atoms. The van der Waals surface area contributed by atoms with Crippen molar-refractivity contribution < 1.29 is 9.90 Å². The predicted molar refractivity (Wildman–Crippen MR) is 86.6 cm³/mol. The minimum Gasteiger partial charge on any atom is -0.477 e. The number of hydrogen-bond donors (Lipinski definition) is 1. The highest BCUT2D eigenvalue weighted by atomic mass is 35.5. The van der Waals surface area contributed by atoms with Gasteiger partial charge in [0.25, 0.3) is 0 Å². The molecule has 2 aromatic rings. The molecule has 0 spiro atoms. The van der Waals surface area contributed by atoms with Gasteiger partial charge in [-0.2, -0.15) is 0 Å². The zero-order valence-corrected chi connectivity index (χ0v) is 13.5. The fourth-order valence-corrected chi connectivity index (χ4v) is 3.04. The summed E-state index contributed by atoms with van der Waals surface area (Å²) in [6.07, 6.45) is 1.57. The molecule has 0 unspecified atom stereocenters. The summed E-state index contributed by atoms with van der Waals surface area (Å²) in [5.41, 5.74) is 1.78. The van der Waals surface area contributed by atoms with E-state index in [1.54, 1.807) is 0 Å². The molecule has 0 radical (unpaired) electrons. The molecule has 0 saturated carbocycles. The Morgan fingerprint density at radius 1 is 1.38 bits per heavy atom. The number of halogens is 1. The molecule has 112 valence electrons. The lowest BCUT2D eigenvalue weighted by molar-refractivity contribution is 0.0700. The molecule has 1 N–H and O–H groups in total. The van der Waals surface area contributed by atoms with E-state index in [0.29, 0.717) is 28.6 Å². The fraction of sp³-hybridized carbons (Fsp3) is 0.333. The first-order valence-corrected chi connectivity index (χ1v) is 7.89. The van der Waals surface area contributed by atoms with E-state index < -0.39 is 5.97 Å². The molecule has 0 aliphatic carbocycles. The molecule has 1 aromatic carbocycles. The van der Waals surface area contributed by atoms with E-state index in [4.69, 9.17) is 11.6 Å². The lowest BCUT2D eigenvalue weighted by Gasteiger charge is -2.15. The molecule has 0 aliphatic rings. The number of hydrogen-bond acceptors (Lipinski definition) is 4. The van der Waals surface area contributed by atoms with E-state index in [1.807, 2.05) is 43.1 Å². The van der Waals surface area contributed by atoms with Gasteiger partial charge in [-0.3, -0.25) is 0 Å². The predicted octanol–water partition coefficient (Wildman–Crippen LogP) is 4.08. The van der Waals surface area contributed by atoms with Crippen molar-refractivity contribution in [3.8, 4) is 0 Å². The highest BCUT2D eigenvalue weighted by Crippen LogP contribution is 2.27. The van der Waals surface area contributed by atoms with Crippen LogP contribution >= 0.6 is 22.9 Å². The first-order valence-electron chi connectivity index (χ1n) is 6.69. The summed E-state index contributed by atoms with van der Waals surface area (Å²) in [7, 11) is 1.91. The van der Waals surface area contributed by atoms with E-state index in [-0.39, 0.29) is 0 Å². The molecule has 1 aromatic heterocycles. The zero-order chi connectivity index (χ0) is 15.4. The van der Waals surface area contributed by atoms with Crippen molar-refractivity contribution in [1.29, 1.82) is 0 Å². The van der Waals surface area contributed by atoms with Crippen molar-refractivity contribution in [2.24, 2.45) is 0 Å². The molecule has 0 aliphatic heterocycles. The van der Waals surface area contributed by atoms with Crippen molar-refractivity contribution >= 4 is 34.0 Å². The largest absolute Gasteiger partial charge is 0.477 e. The van der Waals surface area contributed by atoms with Gasteiger partial charge in [0.2, 0.25) is 0 Å². The molecule has 0 amide bonds. The summed E-state index contributed by atoms with van der Waals surface area (Å²) < 4.78 is 0. The van der Waals surface area contributed by atoms with Crippen LogP contribution < -0.4 is 4.90 Å². The Kier molecular flexibility index (Phi) is 5.20. The molecular formula is C15H17ClN2O2S. The van der Waals surface area contributed by atoms with E-state index in [9.17, 15) is 9.90 Å². The van der Waals surface area contributed by atoms with Gasteiger partial charge < -0.3 is 10.0 Å². The van der Waals surface area contributed by atoms with E-state index in [2.05, 4.69) is 4.98 Å². The molecule has 6 heteroatoms. The molecule has 2 rings (SSSR count). The van der Waals surface area contributed by atoms with Crippen molar-refractivity contribution in [2.45, 2.75) is 26.3 Å². The second-order valence-corrected chi connectivity index (χ2v) is 6.22. The minimum absolute atomic E-state index is 0.342. The summed E-state index contributed by atoms with van der Waals surface area (Å²) in [5.74, 6) is -0.901. The Hall–Kier alpha value is -1.59. The summed E-state index contributed by atoms with van der Waals surface area (Å²) >= 11 is 7.10. The standard InChI is InChI=1S/C15H17ClN2O2S/c1-3-4-12-13(14(19)20)21-15(17-12)18(2)9-10-5-7-11(16)8-6-10/h5-8H,3-4,9H2,1-2H3,(H,19,20). The lowest BCUT2D eigenvalue weighted by atomic mass is 10.2. The Labute approximate surface area is 133 Å². The van der Waals surface area contributed by atoms with Crippen LogP contribution in [-0.4, -0.2) is 23.1 Å². The van der Waals surface area contributed by atoms with Gasteiger partial charge in [-0.15, -0.1) is 0 Å². The lowest BCUT2D eigenvalue weighted by Crippen LogP contribution is -2.16. The summed E-state index contributed by atoms with van der Waals surface area (Å²) in [6, 6.07) is 7.60. The molecule has 0 fully saturated rings. The number of carboxylic acids is 1. The van der Waals surface area contributed by atoms with Crippen LogP contribution in [0.5, 0.6) is 0 Å². The van der Waals surface area contributed by atoms with Crippen LogP contribution in [0.25, 0.3) is 0 Å². The molecule has 0 atom stereocenters. The second-order valence-electron chi connectivity index (χ2n) is 4.81. The normalized spacial score (nSPS) is 10.6. The average molecular weight is 325 g/mol. The number of aromatic carboxylic acids is 1. The Bertz CT molecular complexity index is 625. The van der Waals surface area contributed by atoms with Gasteiger partial charge in [0.1, 0.15) is 4.88 Å². The third-order valence-electron chi connectivity index (χ3n) is 3.03. The molecule has 4 nitrogen and oxygen atoms in total. The van der Waals surface area contributed by atoms with Crippen molar-refractivity contribution in [3.05, 3.63) is 45.4 Å². The minimum atomic E-state index is -0.901. The van der Waals surface area contributed by atoms with Gasteiger partial charge in [-0.25, -0.2) is 9.78 Å². The van der Waals surface area contributed by atoms with Gasteiger partial charge in [0, 0.05) is 18.6 Å². The van der Waals surface area contributed by atoms with Gasteiger partial charge in [-0.1, -0.05) is 48.4 Å². The van der Waals surface area contributed by atoms with Gasteiger partial charge in [0.15, 0.2) is 5.13 Å². The third-order valence-corrected chi connectivity index (χ3v) is 4.48. The number of anilines is 1. The number of benzene rings is 1. The van der Waals surface area contributed by atoms with Crippen LogP contribution in [0.1, 0.15) is 34.3 Å². The van der Waals surface area contributed by atoms with Crippen molar-refractivity contribution in [2.75, 3.05) is 11.9 Å². The number of thiazole rings is 1. The molecule has 1 heterocycles. The quantitative estimate of drug-likeness (QED) is 0.869. The maximum Gasteiger partial charge on any atom is 0.347 e. The summed E-state index contributed by atoms with van der Waals surface area (Å²) in [5, 5.41) is 10.7. The number of aryl methyl sites for hydroxylation is 1. The van der Waals surface area contributed by atoms with Crippen LogP contribution in [0, 0.1) is 0 Å². The number of carbonyl (C=O) groups is 1. The van der Waals surface area contributed by atoms with Gasteiger partial charge in [0.05, 0.1) is 5.69 Å². The summed E-state index contributed by atoms with van der Waals surface area (Å²) in [6.45, 7) is 2.68. The third kappa shape index (κ3) is 3.95. The fourth-order valence-electron chi connectivity index (χ4n) is 2.01. The maximum absolute atomic E-state index is 11.3. The number of aromatic nitrogens is 1. The number of nitrogens with zero attached hydrogens (tertiary/aromatic N) is 2. The first kappa shape index (κ1) is 15.8. The second kappa shape index (κ2) is 6.91. The van der Waals surface area contributed by atoms with Gasteiger partial charge in [-0.05, 0) is 24.1 Å². The monoisotopic (exact) mass is 324 g/mol. The highest BCUT2D eigenvalue weighted by Gasteiger charge is 2.18. The number of carboxylic acid groups (broad SMARTS) is 1. The van der Waals surface area contributed by atoms with Crippen molar-refractivity contribution in [3.63, 3.8) is 0 Å². The number of rotatable bonds is 6. The maximum atomic E-state index is 11.3. The van der Waals surface area contributed by atoms with Crippen LogP contribution in [0.15, 0.2) is 24.3 Å². The van der Waals surface area contributed by atoms with E-state index in [1.165, 1.54) is 11.3 Å². The van der Waals surface area contributed by atoms with Crippen LogP contribution in [0.3, 0.4) is 0 Å². The SMILES string of the molecule is CCCc1nc(N(C)Cc2ccc(Cl)cc2)sc1C(=O)O.